The number of hydrogen-bond acceptors (Lipinski definition) is 3. The number of nitrogens with zero attached hydrogens (tertiary/aromatic N) is 4. The number of imidazole rings is 1. The number of hydrogen-bond donors (Lipinski definition) is 2. The van der Waals surface area contributed by atoms with Crippen LogP contribution >= 0.6 is 0 Å². The standard InChI is InChI=1S/C19H23FN6O/c1-2-18-21-8-10-25(18)9-4-7-22-19(27)24-17-12-23-26(14-17)13-15-5-3-6-16(20)11-15/h3,5-6,8,10-12,14H,2,4,7,9,13H2,1H3,(H2,22,24,27). The fraction of sp³-hybridized carbons (Fsp3) is 0.316. The first-order chi connectivity index (χ1) is 13.1. The van der Waals surface area contributed by atoms with Gasteiger partial charge in [-0.15, -0.1) is 0 Å². The van der Waals surface area contributed by atoms with Gasteiger partial charge in [0.05, 0.1) is 18.4 Å². The molecule has 8 heteroatoms. The lowest BCUT2D eigenvalue weighted by atomic mass is 10.2. The number of aryl methyl sites for hydroxylation is 2. The summed E-state index contributed by atoms with van der Waals surface area (Å²) in [5.74, 6) is 0.768. The highest BCUT2D eigenvalue weighted by Crippen LogP contribution is 2.09. The molecule has 0 bridgehead atoms. The highest BCUT2D eigenvalue weighted by Gasteiger charge is 2.05. The minimum Gasteiger partial charge on any atom is -0.338 e. The second-order valence-electron chi connectivity index (χ2n) is 6.18. The molecule has 0 atom stereocenters. The number of carbonyl (C=O) groups excluding carboxylic acids is 1. The number of anilines is 1. The van der Waals surface area contributed by atoms with Crippen molar-refractivity contribution in [3.8, 4) is 0 Å². The second kappa shape index (κ2) is 8.98. The zero-order valence-corrected chi connectivity index (χ0v) is 15.2. The topological polar surface area (TPSA) is 76.8 Å². The van der Waals surface area contributed by atoms with Gasteiger partial charge in [0.2, 0.25) is 0 Å². The molecule has 0 spiro atoms. The minimum absolute atomic E-state index is 0.276. The fourth-order valence-corrected chi connectivity index (χ4v) is 2.82. The summed E-state index contributed by atoms with van der Waals surface area (Å²) in [5.41, 5.74) is 1.40. The van der Waals surface area contributed by atoms with Crippen molar-refractivity contribution in [3.63, 3.8) is 0 Å². The van der Waals surface area contributed by atoms with Crippen LogP contribution in [0.25, 0.3) is 0 Å². The molecule has 2 heterocycles. The van der Waals surface area contributed by atoms with Crippen molar-refractivity contribution in [2.75, 3.05) is 11.9 Å². The quantitative estimate of drug-likeness (QED) is 0.599. The van der Waals surface area contributed by atoms with Crippen LogP contribution in [-0.2, 0) is 19.5 Å². The van der Waals surface area contributed by atoms with Gasteiger partial charge in [-0.2, -0.15) is 5.10 Å². The third-order valence-corrected chi connectivity index (χ3v) is 4.10. The molecule has 0 saturated carbocycles. The van der Waals surface area contributed by atoms with E-state index >= 15 is 0 Å². The first-order valence-electron chi connectivity index (χ1n) is 8.96. The maximum absolute atomic E-state index is 13.2. The third-order valence-electron chi connectivity index (χ3n) is 4.10. The van der Waals surface area contributed by atoms with Gasteiger partial charge in [-0.25, -0.2) is 14.2 Å². The predicted molar refractivity (Wildman–Crippen MR) is 101 cm³/mol. The van der Waals surface area contributed by atoms with Crippen molar-refractivity contribution in [2.45, 2.75) is 32.9 Å². The molecule has 0 saturated heterocycles. The van der Waals surface area contributed by atoms with Crippen molar-refractivity contribution in [1.82, 2.24) is 24.6 Å². The summed E-state index contributed by atoms with van der Waals surface area (Å²) < 4.78 is 17.0. The van der Waals surface area contributed by atoms with Crippen LogP contribution in [0, 0.1) is 5.82 Å². The molecule has 27 heavy (non-hydrogen) atoms. The first-order valence-corrected chi connectivity index (χ1v) is 8.96. The Bertz CT molecular complexity index is 888. The first kappa shape index (κ1) is 18.6. The highest BCUT2D eigenvalue weighted by molar-refractivity contribution is 5.88. The van der Waals surface area contributed by atoms with E-state index in [0.717, 1.165) is 30.8 Å². The maximum Gasteiger partial charge on any atom is 0.319 e. The van der Waals surface area contributed by atoms with Gasteiger partial charge in [-0.05, 0) is 24.1 Å². The van der Waals surface area contributed by atoms with Gasteiger partial charge >= 0.3 is 6.03 Å². The number of halogens is 1. The molecule has 0 aliphatic heterocycles. The number of benzene rings is 1. The molecule has 0 unspecified atom stereocenters. The number of nitrogens with one attached hydrogen (secondary N) is 2. The maximum atomic E-state index is 13.2. The molecule has 0 aliphatic rings. The van der Waals surface area contributed by atoms with E-state index in [1.165, 1.54) is 12.1 Å². The summed E-state index contributed by atoms with van der Waals surface area (Å²) in [4.78, 5) is 16.3. The number of aromatic nitrogens is 4. The van der Waals surface area contributed by atoms with Crippen molar-refractivity contribution in [2.24, 2.45) is 0 Å². The highest BCUT2D eigenvalue weighted by atomic mass is 19.1. The molecule has 0 fully saturated rings. The van der Waals surface area contributed by atoms with Crippen LogP contribution in [-0.4, -0.2) is 31.9 Å². The van der Waals surface area contributed by atoms with Gasteiger partial charge in [0.1, 0.15) is 11.6 Å². The fourth-order valence-electron chi connectivity index (χ4n) is 2.82. The number of amides is 2. The van der Waals surface area contributed by atoms with E-state index in [9.17, 15) is 9.18 Å². The SMILES string of the molecule is CCc1nccn1CCCNC(=O)Nc1cnn(Cc2cccc(F)c2)c1. The van der Waals surface area contributed by atoms with E-state index in [4.69, 9.17) is 0 Å². The normalized spacial score (nSPS) is 10.7. The van der Waals surface area contributed by atoms with Crippen LogP contribution < -0.4 is 10.6 Å². The number of urea groups is 1. The summed E-state index contributed by atoms with van der Waals surface area (Å²) in [7, 11) is 0. The Labute approximate surface area is 157 Å². The van der Waals surface area contributed by atoms with Gasteiger partial charge in [0, 0.05) is 38.1 Å². The largest absolute Gasteiger partial charge is 0.338 e. The molecular formula is C19H23FN6O. The van der Waals surface area contributed by atoms with Crippen LogP contribution in [0.3, 0.4) is 0 Å². The molecule has 1 aromatic carbocycles. The summed E-state index contributed by atoms with van der Waals surface area (Å²) >= 11 is 0. The Hall–Kier alpha value is -3.16. The lowest BCUT2D eigenvalue weighted by Crippen LogP contribution is -2.30. The molecule has 2 amide bonds. The summed E-state index contributed by atoms with van der Waals surface area (Å²) in [6.07, 6.45) is 8.73. The Morgan fingerprint density at radius 3 is 3.04 bits per heavy atom. The van der Waals surface area contributed by atoms with E-state index in [2.05, 4.69) is 32.2 Å². The Morgan fingerprint density at radius 1 is 1.33 bits per heavy atom. The summed E-state index contributed by atoms with van der Waals surface area (Å²) in [6.45, 7) is 3.88. The lowest BCUT2D eigenvalue weighted by Gasteiger charge is -2.08. The van der Waals surface area contributed by atoms with Crippen LogP contribution in [0.15, 0.2) is 49.1 Å². The zero-order valence-electron chi connectivity index (χ0n) is 15.2. The van der Waals surface area contributed by atoms with E-state index in [0.29, 0.717) is 18.8 Å². The molecule has 142 valence electrons. The molecule has 7 nitrogen and oxygen atoms in total. The monoisotopic (exact) mass is 370 g/mol. The van der Waals surface area contributed by atoms with E-state index < -0.39 is 0 Å². The second-order valence-corrected chi connectivity index (χ2v) is 6.18. The molecule has 0 aliphatic carbocycles. The minimum atomic E-state index is -0.279. The van der Waals surface area contributed by atoms with Crippen LogP contribution in [0.1, 0.15) is 24.7 Å². The molecule has 0 radical (unpaired) electrons. The average molecular weight is 370 g/mol. The van der Waals surface area contributed by atoms with E-state index in [1.807, 2.05) is 12.3 Å². The number of rotatable bonds is 8. The van der Waals surface area contributed by atoms with Crippen LogP contribution in [0.2, 0.25) is 0 Å². The van der Waals surface area contributed by atoms with Crippen molar-refractivity contribution < 1.29 is 9.18 Å². The van der Waals surface area contributed by atoms with Gasteiger partial charge in [0.15, 0.2) is 0 Å². The Kier molecular flexibility index (Phi) is 6.19. The van der Waals surface area contributed by atoms with Crippen molar-refractivity contribution >= 4 is 11.7 Å². The number of carbonyl (C=O) groups is 1. The molecule has 2 N–H and O–H groups in total. The summed E-state index contributed by atoms with van der Waals surface area (Å²) in [5, 5.41) is 9.76. The van der Waals surface area contributed by atoms with Gasteiger partial charge < -0.3 is 15.2 Å². The Morgan fingerprint density at radius 2 is 2.22 bits per heavy atom. The zero-order chi connectivity index (χ0) is 19.1. The van der Waals surface area contributed by atoms with Crippen molar-refractivity contribution in [1.29, 1.82) is 0 Å². The molecular weight excluding hydrogens is 347 g/mol. The average Bonchev–Trinajstić information content (AvgIpc) is 3.28. The molecule has 3 rings (SSSR count). The van der Waals surface area contributed by atoms with Gasteiger partial charge in [0.25, 0.3) is 0 Å². The Balaban J connectivity index is 1.41. The smallest absolute Gasteiger partial charge is 0.319 e. The predicted octanol–water partition coefficient (Wildman–Crippen LogP) is 3.04. The molecule has 3 aromatic rings. The summed E-state index contributed by atoms with van der Waals surface area (Å²) in [6, 6.07) is 6.08. The van der Waals surface area contributed by atoms with E-state index in [1.54, 1.807) is 29.3 Å². The van der Waals surface area contributed by atoms with Gasteiger partial charge in [-0.1, -0.05) is 19.1 Å². The third kappa shape index (κ3) is 5.40. The molecule has 2 aromatic heterocycles. The van der Waals surface area contributed by atoms with Crippen LogP contribution in [0.4, 0.5) is 14.9 Å². The van der Waals surface area contributed by atoms with E-state index in [-0.39, 0.29) is 11.8 Å². The lowest BCUT2D eigenvalue weighted by molar-refractivity contribution is 0.252. The van der Waals surface area contributed by atoms with Gasteiger partial charge in [-0.3, -0.25) is 4.68 Å². The van der Waals surface area contributed by atoms with Crippen LogP contribution in [0.5, 0.6) is 0 Å². The van der Waals surface area contributed by atoms with Crippen molar-refractivity contribution in [3.05, 3.63) is 66.3 Å².